The standard InChI is InChI=1S/C14H15F4NO/c1-2-13(6-7-13)8-19-12(20)9-4-3-5-10(11(9)15)14(16,17)18/h3-5H,2,6-8H2,1H3,(H,19,20). The van der Waals surface area contributed by atoms with E-state index in [1.54, 1.807) is 0 Å². The minimum Gasteiger partial charge on any atom is -0.351 e. The Morgan fingerprint density at radius 2 is 2.00 bits per heavy atom. The maximum atomic E-state index is 13.8. The van der Waals surface area contributed by atoms with Crippen LogP contribution in [0.3, 0.4) is 0 Å². The number of carbonyl (C=O) groups is 1. The molecule has 0 spiro atoms. The Hall–Kier alpha value is -1.59. The van der Waals surface area contributed by atoms with Gasteiger partial charge < -0.3 is 5.32 Å². The van der Waals surface area contributed by atoms with Crippen molar-refractivity contribution in [1.82, 2.24) is 5.32 Å². The molecule has 1 aliphatic rings. The summed E-state index contributed by atoms with van der Waals surface area (Å²) in [7, 11) is 0. The fourth-order valence-corrected chi connectivity index (χ4v) is 2.12. The summed E-state index contributed by atoms with van der Waals surface area (Å²) in [5.74, 6) is -2.31. The third kappa shape index (κ3) is 2.94. The summed E-state index contributed by atoms with van der Waals surface area (Å²) in [5, 5.41) is 2.53. The maximum absolute atomic E-state index is 13.8. The Balaban J connectivity index is 2.14. The molecular formula is C14H15F4NO. The van der Waals surface area contributed by atoms with Crippen molar-refractivity contribution in [2.75, 3.05) is 6.54 Å². The fourth-order valence-electron chi connectivity index (χ4n) is 2.12. The van der Waals surface area contributed by atoms with Gasteiger partial charge in [-0.2, -0.15) is 13.2 Å². The van der Waals surface area contributed by atoms with E-state index < -0.39 is 29.0 Å². The molecule has 1 saturated carbocycles. The van der Waals surface area contributed by atoms with E-state index in [1.807, 2.05) is 6.92 Å². The summed E-state index contributed by atoms with van der Waals surface area (Å²) >= 11 is 0. The van der Waals surface area contributed by atoms with Crippen LogP contribution in [-0.4, -0.2) is 12.5 Å². The van der Waals surface area contributed by atoms with Crippen LogP contribution in [0.15, 0.2) is 18.2 Å². The number of carbonyl (C=O) groups excluding carboxylic acids is 1. The van der Waals surface area contributed by atoms with Crippen LogP contribution in [0.5, 0.6) is 0 Å². The highest BCUT2D eigenvalue weighted by Crippen LogP contribution is 2.47. The average Bonchev–Trinajstić information content (AvgIpc) is 3.15. The Morgan fingerprint density at radius 1 is 1.35 bits per heavy atom. The maximum Gasteiger partial charge on any atom is 0.419 e. The zero-order chi connectivity index (χ0) is 15.0. The monoisotopic (exact) mass is 289 g/mol. The molecule has 2 nitrogen and oxygen atoms in total. The quantitative estimate of drug-likeness (QED) is 0.840. The van der Waals surface area contributed by atoms with Crippen LogP contribution in [0.2, 0.25) is 0 Å². The number of amides is 1. The SMILES string of the molecule is CCC1(CNC(=O)c2cccc(C(F)(F)F)c2F)CC1. The van der Waals surface area contributed by atoms with Crippen LogP contribution in [-0.2, 0) is 6.18 Å². The molecule has 0 aromatic heterocycles. The number of rotatable bonds is 4. The molecule has 1 amide bonds. The first-order chi connectivity index (χ1) is 9.29. The summed E-state index contributed by atoms with van der Waals surface area (Å²) in [6.07, 6.45) is -1.95. The van der Waals surface area contributed by atoms with Crippen molar-refractivity contribution in [3.8, 4) is 0 Å². The van der Waals surface area contributed by atoms with Gasteiger partial charge in [0.05, 0.1) is 11.1 Å². The van der Waals surface area contributed by atoms with E-state index in [-0.39, 0.29) is 5.41 Å². The molecule has 0 atom stereocenters. The van der Waals surface area contributed by atoms with Crippen molar-refractivity contribution in [3.05, 3.63) is 35.1 Å². The Labute approximate surface area is 114 Å². The minimum absolute atomic E-state index is 0.0494. The van der Waals surface area contributed by atoms with Gasteiger partial charge in [-0.25, -0.2) is 4.39 Å². The van der Waals surface area contributed by atoms with Crippen molar-refractivity contribution < 1.29 is 22.4 Å². The predicted molar refractivity (Wildman–Crippen MR) is 65.7 cm³/mol. The van der Waals surface area contributed by atoms with E-state index in [2.05, 4.69) is 5.32 Å². The predicted octanol–water partition coefficient (Wildman–Crippen LogP) is 3.76. The fraction of sp³-hybridized carbons (Fsp3) is 0.500. The van der Waals surface area contributed by atoms with Crippen molar-refractivity contribution in [1.29, 1.82) is 0 Å². The largest absolute Gasteiger partial charge is 0.419 e. The van der Waals surface area contributed by atoms with Crippen molar-refractivity contribution in [2.45, 2.75) is 32.4 Å². The normalized spacial score (nSPS) is 16.9. The summed E-state index contributed by atoms with van der Waals surface area (Å²) < 4.78 is 51.4. The van der Waals surface area contributed by atoms with Crippen molar-refractivity contribution >= 4 is 5.91 Å². The molecule has 20 heavy (non-hydrogen) atoms. The minimum atomic E-state index is -4.80. The van der Waals surface area contributed by atoms with Crippen LogP contribution in [0.4, 0.5) is 17.6 Å². The van der Waals surface area contributed by atoms with Gasteiger partial charge in [-0.1, -0.05) is 13.0 Å². The zero-order valence-corrected chi connectivity index (χ0v) is 11.0. The van der Waals surface area contributed by atoms with Crippen LogP contribution in [0, 0.1) is 11.2 Å². The van der Waals surface area contributed by atoms with E-state index in [4.69, 9.17) is 0 Å². The summed E-state index contributed by atoms with van der Waals surface area (Å²) in [4.78, 5) is 11.8. The van der Waals surface area contributed by atoms with Gasteiger partial charge in [-0.05, 0) is 36.8 Å². The molecule has 110 valence electrons. The molecule has 0 unspecified atom stereocenters. The highest BCUT2D eigenvalue weighted by atomic mass is 19.4. The molecule has 0 saturated heterocycles. The number of hydrogen-bond acceptors (Lipinski definition) is 1. The van der Waals surface area contributed by atoms with Gasteiger partial charge in [0.25, 0.3) is 5.91 Å². The second kappa shape index (κ2) is 5.07. The summed E-state index contributed by atoms with van der Waals surface area (Å²) in [6, 6.07) is 2.72. The van der Waals surface area contributed by atoms with Gasteiger partial charge in [0.2, 0.25) is 0 Å². The van der Waals surface area contributed by atoms with Gasteiger partial charge in [0.1, 0.15) is 5.82 Å². The molecule has 1 N–H and O–H groups in total. The molecule has 0 aliphatic heterocycles. The second-order valence-electron chi connectivity index (χ2n) is 5.20. The van der Waals surface area contributed by atoms with Gasteiger partial charge in [-0.15, -0.1) is 0 Å². The molecule has 1 aromatic rings. The third-order valence-electron chi connectivity index (χ3n) is 3.88. The smallest absolute Gasteiger partial charge is 0.351 e. The molecule has 1 aromatic carbocycles. The average molecular weight is 289 g/mol. The Morgan fingerprint density at radius 3 is 2.50 bits per heavy atom. The third-order valence-corrected chi connectivity index (χ3v) is 3.88. The molecule has 6 heteroatoms. The lowest BCUT2D eigenvalue weighted by Gasteiger charge is -2.15. The van der Waals surface area contributed by atoms with E-state index in [9.17, 15) is 22.4 Å². The number of benzene rings is 1. The van der Waals surface area contributed by atoms with Gasteiger partial charge in [0, 0.05) is 6.54 Å². The molecule has 0 radical (unpaired) electrons. The van der Waals surface area contributed by atoms with E-state index >= 15 is 0 Å². The van der Waals surface area contributed by atoms with E-state index in [0.717, 1.165) is 31.4 Å². The molecule has 1 aliphatic carbocycles. The topological polar surface area (TPSA) is 29.1 Å². The van der Waals surface area contributed by atoms with Gasteiger partial charge in [0.15, 0.2) is 0 Å². The summed E-state index contributed by atoms with van der Waals surface area (Å²) in [6.45, 7) is 2.36. The van der Waals surface area contributed by atoms with Crippen LogP contribution in [0.25, 0.3) is 0 Å². The Kier molecular flexibility index (Phi) is 3.75. The van der Waals surface area contributed by atoms with Crippen LogP contribution < -0.4 is 5.32 Å². The molecule has 0 heterocycles. The lowest BCUT2D eigenvalue weighted by Crippen LogP contribution is -2.31. The summed E-state index contributed by atoms with van der Waals surface area (Å²) in [5.41, 5.74) is -1.93. The van der Waals surface area contributed by atoms with Crippen LogP contribution >= 0.6 is 0 Å². The van der Waals surface area contributed by atoms with Crippen LogP contribution in [0.1, 0.15) is 42.1 Å². The number of halogens is 4. The molecular weight excluding hydrogens is 274 g/mol. The zero-order valence-electron chi connectivity index (χ0n) is 11.0. The number of nitrogens with one attached hydrogen (secondary N) is 1. The Bertz CT molecular complexity index is 520. The lowest BCUT2D eigenvalue weighted by atomic mass is 10.0. The highest BCUT2D eigenvalue weighted by molar-refractivity contribution is 5.94. The van der Waals surface area contributed by atoms with E-state index in [0.29, 0.717) is 12.6 Å². The van der Waals surface area contributed by atoms with Gasteiger partial charge in [-0.3, -0.25) is 4.79 Å². The number of alkyl halides is 3. The van der Waals surface area contributed by atoms with Gasteiger partial charge >= 0.3 is 6.18 Å². The van der Waals surface area contributed by atoms with Crippen molar-refractivity contribution in [2.24, 2.45) is 5.41 Å². The number of hydrogen-bond donors (Lipinski definition) is 1. The lowest BCUT2D eigenvalue weighted by molar-refractivity contribution is -0.140. The first-order valence-corrected chi connectivity index (χ1v) is 6.43. The highest BCUT2D eigenvalue weighted by Gasteiger charge is 2.41. The molecule has 2 rings (SSSR count). The molecule has 1 fully saturated rings. The first kappa shape index (κ1) is 14.8. The second-order valence-corrected chi connectivity index (χ2v) is 5.20. The first-order valence-electron chi connectivity index (χ1n) is 6.43. The van der Waals surface area contributed by atoms with E-state index in [1.165, 1.54) is 0 Å². The van der Waals surface area contributed by atoms with Crippen molar-refractivity contribution in [3.63, 3.8) is 0 Å². The molecule has 0 bridgehead atoms.